The number of hydrogen-bond acceptors (Lipinski definition) is 3. The summed E-state index contributed by atoms with van der Waals surface area (Å²) in [6.07, 6.45) is 0.569. The first-order valence-corrected chi connectivity index (χ1v) is 11.2. The lowest BCUT2D eigenvalue weighted by Gasteiger charge is -2.37. The monoisotopic (exact) mass is 436 g/mol. The fraction of sp³-hybridized carbons (Fsp3) is 0.269. The van der Waals surface area contributed by atoms with Crippen LogP contribution in [0.5, 0.6) is 0 Å². The van der Waals surface area contributed by atoms with Gasteiger partial charge in [-0.1, -0.05) is 43.0 Å². The van der Waals surface area contributed by atoms with E-state index in [0.29, 0.717) is 12.1 Å². The first-order valence-electron chi connectivity index (χ1n) is 10.3. The molecule has 0 saturated carbocycles. The summed E-state index contributed by atoms with van der Waals surface area (Å²) in [5.74, 6) is -0.510. The third-order valence-electron chi connectivity index (χ3n) is 4.87. The van der Waals surface area contributed by atoms with Crippen molar-refractivity contribution >= 4 is 22.9 Å². The molecule has 1 aromatic heterocycles. The van der Waals surface area contributed by atoms with Gasteiger partial charge in [0, 0.05) is 28.2 Å². The van der Waals surface area contributed by atoms with Crippen molar-refractivity contribution < 1.29 is 9.18 Å². The maximum atomic E-state index is 14.2. The second-order valence-corrected chi connectivity index (χ2v) is 9.70. The van der Waals surface area contributed by atoms with Gasteiger partial charge in [0.05, 0.1) is 0 Å². The van der Waals surface area contributed by atoms with E-state index >= 15 is 0 Å². The summed E-state index contributed by atoms with van der Waals surface area (Å²) in [7, 11) is 0. The average molecular weight is 437 g/mol. The molecule has 1 unspecified atom stereocenters. The smallest absolute Gasteiger partial charge is 0.248 e. The summed E-state index contributed by atoms with van der Waals surface area (Å²) in [6, 6.07) is 17.5. The fourth-order valence-electron chi connectivity index (χ4n) is 3.57. The average Bonchev–Trinajstić information content (AvgIpc) is 3.18. The highest BCUT2D eigenvalue weighted by molar-refractivity contribution is 7.09. The van der Waals surface area contributed by atoms with Crippen LogP contribution in [0.4, 0.5) is 10.1 Å². The van der Waals surface area contributed by atoms with Crippen molar-refractivity contribution in [1.82, 2.24) is 5.32 Å². The van der Waals surface area contributed by atoms with E-state index in [9.17, 15) is 9.18 Å². The number of benzene rings is 2. The Morgan fingerprint density at radius 1 is 1.13 bits per heavy atom. The van der Waals surface area contributed by atoms with Crippen molar-refractivity contribution in [3.8, 4) is 0 Å². The quantitative estimate of drug-likeness (QED) is 0.464. The first-order chi connectivity index (χ1) is 14.7. The maximum Gasteiger partial charge on any atom is 0.248 e. The molecular formula is C26H29FN2OS. The number of carbonyl (C=O) groups is 1. The van der Waals surface area contributed by atoms with Crippen LogP contribution in [0.25, 0.3) is 0 Å². The van der Waals surface area contributed by atoms with Gasteiger partial charge in [-0.25, -0.2) is 4.39 Å². The molecule has 0 bridgehead atoms. The highest BCUT2D eigenvalue weighted by Gasteiger charge is 2.33. The Labute approximate surface area is 188 Å². The standard InChI is InChI=1S/C26H29FN2OS/c1-18-10-6-7-14-23(18)24(25(30)28-26(3,4)5)29(21-12-8-11-20(27)17-21)19(2)16-22-13-9-15-31-22/h6-15,17,24H,2,16H2,1,3-5H3,(H,28,30). The number of thiophene rings is 1. The topological polar surface area (TPSA) is 32.3 Å². The van der Waals surface area contributed by atoms with E-state index in [1.54, 1.807) is 17.4 Å². The Bertz CT molecular complexity index is 1050. The predicted molar refractivity (Wildman–Crippen MR) is 128 cm³/mol. The number of nitrogens with zero attached hydrogens (tertiary/aromatic N) is 1. The van der Waals surface area contributed by atoms with Gasteiger partial charge in [0.1, 0.15) is 11.9 Å². The minimum Gasteiger partial charge on any atom is -0.349 e. The fourth-order valence-corrected chi connectivity index (χ4v) is 4.31. The van der Waals surface area contributed by atoms with Crippen LogP contribution in [0.3, 0.4) is 0 Å². The van der Waals surface area contributed by atoms with Crippen molar-refractivity contribution in [3.63, 3.8) is 0 Å². The van der Waals surface area contributed by atoms with Crippen LogP contribution >= 0.6 is 11.3 Å². The molecule has 5 heteroatoms. The Kier molecular flexibility index (Phi) is 6.96. The summed E-state index contributed by atoms with van der Waals surface area (Å²) in [5, 5.41) is 5.12. The number of anilines is 1. The Balaban J connectivity index is 2.14. The zero-order chi connectivity index (χ0) is 22.6. The molecule has 162 valence electrons. The third kappa shape index (κ3) is 5.82. The number of allylic oxidation sites excluding steroid dienone is 1. The van der Waals surface area contributed by atoms with Crippen LogP contribution in [-0.4, -0.2) is 11.4 Å². The maximum absolute atomic E-state index is 14.2. The predicted octanol–water partition coefficient (Wildman–Crippen LogP) is 6.41. The van der Waals surface area contributed by atoms with Crippen molar-refractivity contribution in [2.45, 2.75) is 45.7 Å². The van der Waals surface area contributed by atoms with E-state index in [1.807, 2.05) is 80.4 Å². The molecule has 0 aliphatic rings. The van der Waals surface area contributed by atoms with Crippen molar-refractivity contribution in [1.29, 1.82) is 0 Å². The van der Waals surface area contributed by atoms with E-state index in [2.05, 4.69) is 11.9 Å². The van der Waals surface area contributed by atoms with Crippen LogP contribution in [0.15, 0.2) is 78.3 Å². The first kappa shape index (κ1) is 22.8. The molecule has 31 heavy (non-hydrogen) atoms. The molecule has 1 heterocycles. The van der Waals surface area contributed by atoms with Crippen LogP contribution in [0.1, 0.15) is 42.8 Å². The van der Waals surface area contributed by atoms with Gasteiger partial charge in [-0.2, -0.15) is 0 Å². The number of carbonyl (C=O) groups excluding carboxylic acids is 1. The third-order valence-corrected chi connectivity index (χ3v) is 5.75. The van der Waals surface area contributed by atoms with Crippen LogP contribution in [0, 0.1) is 12.7 Å². The Morgan fingerprint density at radius 3 is 2.48 bits per heavy atom. The summed E-state index contributed by atoms with van der Waals surface area (Å²) in [6.45, 7) is 12.2. The van der Waals surface area contributed by atoms with Crippen LogP contribution < -0.4 is 10.2 Å². The zero-order valence-electron chi connectivity index (χ0n) is 18.5. The number of halogens is 1. The molecular weight excluding hydrogens is 407 g/mol. The summed E-state index contributed by atoms with van der Waals surface area (Å²) < 4.78 is 14.2. The van der Waals surface area contributed by atoms with Gasteiger partial charge < -0.3 is 10.2 Å². The minimum absolute atomic E-state index is 0.154. The highest BCUT2D eigenvalue weighted by Crippen LogP contribution is 2.35. The van der Waals surface area contributed by atoms with Crippen LogP contribution in [0.2, 0.25) is 0 Å². The second-order valence-electron chi connectivity index (χ2n) is 8.67. The lowest BCUT2D eigenvalue weighted by molar-refractivity contribution is -0.123. The molecule has 0 fully saturated rings. The number of amides is 1. The molecule has 2 aromatic carbocycles. The molecule has 1 atom stereocenters. The van der Waals surface area contributed by atoms with E-state index in [-0.39, 0.29) is 11.7 Å². The lowest BCUT2D eigenvalue weighted by Crippen LogP contribution is -2.48. The number of aryl methyl sites for hydroxylation is 1. The SMILES string of the molecule is C=C(Cc1cccs1)N(c1cccc(F)c1)C(C(=O)NC(C)(C)C)c1ccccc1C. The van der Waals surface area contributed by atoms with Gasteiger partial charge in [-0.3, -0.25) is 4.79 Å². The van der Waals surface area contributed by atoms with Crippen molar-refractivity contribution in [3.05, 3.63) is 100 Å². The normalized spacial score (nSPS) is 12.3. The molecule has 0 spiro atoms. The highest BCUT2D eigenvalue weighted by atomic mass is 32.1. The van der Waals surface area contributed by atoms with E-state index < -0.39 is 11.6 Å². The summed E-state index contributed by atoms with van der Waals surface area (Å²) in [5.41, 5.74) is 2.76. The molecule has 3 nitrogen and oxygen atoms in total. The van der Waals surface area contributed by atoms with Gasteiger partial charge in [0.2, 0.25) is 5.91 Å². The zero-order valence-corrected chi connectivity index (χ0v) is 19.3. The number of hydrogen-bond donors (Lipinski definition) is 1. The molecule has 0 saturated heterocycles. The summed E-state index contributed by atoms with van der Waals surface area (Å²) >= 11 is 1.63. The van der Waals surface area contributed by atoms with Gasteiger partial charge in [-0.05, 0) is 68.5 Å². The van der Waals surface area contributed by atoms with Crippen molar-refractivity contribution in [2.24, 2.45) is 0 Å². The van der Waals surface area contributed by atoms with E-state index in [4.69, 9.17) is 0 Å². The van der Waals surface area contributed by atoms with Gasteiger partial charge in [-0.15, -0.1) is 11.3 Å². The van der Waals surface area contributed by atoms with Crippen molar-refractivity contribution in [2.75, 3.05) is 4.90 Å². The Morgan fingerprint density at radius 2 is 1.87 bits per heavy atom. The number of rotatable bonds is 7. The lowest BCUT2D eigenvalue weighted by atomic mass is 9.96. The second kappa shape index (κ2) is 9.48. The molecule has 0 radical (unpaired) electrons. The molecule has 1 N–H and O–H groups in total. The van der Waals surface area contributed by atoms with Gasteiger partial charge in [0.15, 0.2) is 0 Å². The van der Waals surface area contributed by atoms with E-state index in [0.717, 1.165) is 21.7 Å². The summed E-state index contributed by atoms with van der Waals surface area (Å²) in [4.78, 5) is 16.6. The molecule has 0 aliphatic carbocycles. The molecule has 1 amide bonds. The molecule has 3 aromatic rings. The van der Waals surface area contributed by atoms with Gasteiger partial charge in [0.25, 0.3) is 0 Å². The molecule has 3 rings (SSSR count). The van der Waals surface area contributed by atoms with Gasteiger partial charge >= 0.3 is 0 Å². The number of nitrogens with one attached hydrogen (secondary N) is 1. The van der Waals surface area contributed by atoms with Crippen LogP contribution in [-0.2, 0) is 11.2 Å². The largest absolute Gasteiger partial charge is 0.349 e. The minimum atomic E-state index is -0.685. The molecule has 0 aliphatic heterocycles. The Hall–Kier alpha value is -2.92. The van der Waals surface area contributed by atoms with E-state index in [1.165, 1.54) is 12.1 Å².